The smallest absolute Gasteiger partial charge is 0.262 e. The van der Waals surface area contributed by atoms with Crippen molar-refractivity contribution < 1.29 is 9.53 Å². The fourth-order valence-corrected chi connectivity index (χ4v) is 1.43. The van der Waals surface area contributed by atoms with E-state index in [0.717, 1.165) is 4.47 Å². The molecule has 0 amide bonds. The number of hydrogen-bond donors (Lipinski definition) is 0. The molecule has 2 nitrogen and oxygen atoms in total. The Bertz CT molecular complexity index is 310. The number of carbonyl (C=O) groups is 1. The van der Waals surface area contributed by atoms with Gasteiger partial charge in [-0.05, 0) is 42.3 Å². The fraction of sp³-hybridized carbons (Fsp3) is 0.300. The number of hydrogen-bond acceptors (Lipinski definition) is 2. The first kappa shape index (κ1) is 11.5. The molecule has 1 atom stereocenters. The molecule has 0 aliphatic carbocycles. The van der Waals surface area contributed by atoms with E-state index in [4.69, 9.17) is 16.3 Å². The highest BCUT2D eigenvalue weighted by atomic mass is 79.9. The average molecular weight is 278 g/mol. The molecule has 1 aromatic carbocycles. The SMILES string of the molecule is CC[C@H](Oc1ccc(Br)cc1)C(=O)Cl. The van der Waals surface area contributed by atoms with Gasteiger partial charge in [0.25, 0.3) is 5.24 Å². The number of carbonyl (C=O) groups excluding carboxylic acids is 1. The Hall–Kier alpha value is -0.540. The van der Waals surface area contributed by atoms with Crippen LogP contribution in [0.5, 0.6) is 5.75 Å². The van der Waals surface area contributed by atoms with Gasteiger partial charge in [0, 0.05) is 4.47 Å². The molecule has 1 rings (SSSR count). The van der Waals surface area contributed by atoms with Crippen LogP contribution in [0.1, 0.15) is 13.3 Å². The minimum Gasteiger partial charge on any atom is -0.481 e. The zero-order chi connectivity index (χ0) is 10.6. The fourth-order valence-electron chi connectivity index (χ4n) is 0.968. The maximum Gasteiger partial charge on any atom is 0.262 e. The van der Waals surface area contributed by atoms with Gasteiger partial charge in [0.2, 0.25) is 0 Å². The van der Waals surface area contributed by atoms with Crippen LogP contribution in [0.2, 0.25) is 0 Å². The van der Waals surface area contributed by atoms with Gasteiger partial charge in [-0.25, -0.2) is 0 Å². The molecule has 0 spiro atoms. The molecule has 0 aliphatic rings. The molecule has 0 saturated carbocycles. The summed E-state index contributed by atoms with van der Waals surface area (Å²) >= 11 is 8.66. The first-order valence-corrected chi connectivity index (χ1v) is 5.42. The van der Waals surface area contributed by atoms with Crippen LogP contribution >= 0.6 is 27.5 Å². The molecule has 0 radical (unpaired) electrons. The second-order valence-corrected chi connectivity index (χ2v) is 4.06. The van der Waals surface area contributed by atoms with Crippen LogP contribution in [0, 0.1) is 0 Å². The summed E-state index contributed by atoms with van der Waals surface area (Å²) in [6.07, 6.45) is 0.0103. The van der Waals surface area contributed by atoms with Crippen molar-refractivity contribution in [2.24, 2.45) is 0 Å². The van der Waals surface area contributed by atoms with Gasteiger partial charge in [-0.15, -0.1) is 0 Å². The Balaban J connectivity index is 2.67. The summed E-state index contributed by atoms with van der Waals surface area (Å²) in [7, 11) is 0. The maximum absolute atomic E-state index is 10.9. The Morgan fingerprint density at radius 2 is 2.07 bits per heavy atom. The largest absolute Gasteiger partial charge is 0.481 e. The van der Waals surface area contributed by atoms with E-state index in [1.807, 2.05) is 19.1 Å². The van der Waals surface area contributed by atoms with Gasteiger partial charge < -0.3 is 4.74 Å². The standard InChI is InChI=1S/C10H10BrClO2/c1-2-9(10(12)13)14-8-5-3-7(11)4-6-8/h3-6,9H,2H2,1H3/t9-/m0/s1. The van der Waals surface area contributed by atoms with Gasteiger partial charge in [-0.1, -0.05) is 22.9 Å². The molecular formula is C10H10BrClO2. The lowest BCUT2D eigenvalue weighted by atomic mass is 10.3. The minimum atomic E-state index is -0.558. The molecule has 0 fully saturated rings. The van der Waals surface area contributed by atoms with E-state index >= 15 is 0 Å². The Morgan fingerprint density at radius 1 is 1.50 bits per heavy atom. The summed E-state index contributed by atoms with van der Waals surface area (Å²) < 4.78 is 6.35. The second-order valence-electron chi connectivity index (χ2n) is 2.77. The van der Waals surface area contributed by atoms with Crippen LogP contribution in [0.4, 0.5) is 0 Å². The number of halogens is 2. The number of ether oxygens (including phenoxy) is 1. The van der Waals surface area contributed by atoms with Crippen LogP contribution in [0.3, 0.4) is 0 Å². The lowest BCUT2D eigenvalue weighted by molar-refractivity contribution is -0.117. The van der Waals surface area contributed by atoms with E-state index in [2.05, 4.69) is 15.9 Å². The summed E-state index contributed by atoms with van der Waals surface area (Å²) in [4.78, 5) is 10.9. The second kappa shape index (κ2) is 5.37. The van der Waals surface area contributed by atoms with Crippen LogP contribution < -0.4 is 4.74 Å². The van der Waals surface area contributed by atoms with Gasteiger partial charge in [-0.2, -0.15) is 0 Å². The van der Waals surface area contributed by atoms with Crippen molar-refractivity contribution >= 4 is 32.8 Å². The highest BCUT2D eigenvalue weighted by Gasteiger charge is 2.15. The van der Waals surface area contributed by atoms with Crippen molar-refractivity contribution in [1.29, 1.82) is 0 Å². The van der Waals surface area contributed by atoms with Crippen molar-refractivity contribution in [2.75, 3.05) is 0 Å². The van der Waals surface area contributed by atoms with Crippen LogP contribution in [0.25, 0.3) is 0 Å². The molecule has 0 heterocycles. The third kappa shape index (κ3) is 3.31. The van der Waals surface area contributed by atoms with Crippen molar-refractivity contribution in [1.82, 2.24) is 0 Å². The maximum atomic E-state index is 10.9. The minimum absolute atomic E-state index is 0.463. The first-order valence-electron chi connectivity index (χ1n) is 4.25. The predicted molar refractivity (Wildman–Crippen MR) is 59.7 cm³/mol. The molecule has 0 aliphatic heterocycles. The van der Waals surface area contributed by atoms with E-state index < -0.39 is 11.3 Å². The highest BCUT2D eigenvalue weighted by molar-refractivity contribution is 9.10. The zero-order valence-electron chi connectivity index (χ0n) is 7.67. The number of rotatable bonds is 4. The topological polar surface area (TPSA) is 26.3 Å². The third-order valence-electron chi connectivity index (χ3n) is 1.72. The lowest BCUT2D eigenvalue weighted by Crippen LogP contribution is -2.22. The molecule has 14 heavy (non-hydrogen) atoms. The van der Waals surface area contributed by atoms with Crippen LogP contribution in [0.15, 0.2) is 28.7 Å². The van der Waals surface area contributed by atoms with Crippen molar-refractivity contribution in [2.45, 2.75) is 19.4 Å². The van der Waals surface area contributed by atoms with Crippen molar-refractivity contribution in [3.8, 4) is 5.75 Å². The van der Waals surface area contributed by atoms with Crippen LogP contribution in [-0.4, -0.2) is 11.3 Å². The van der Waals surface area contributed by atoms with Gasteiger partial charge in [0.1, 0.15) is 5.75 Å². The summed E-state index contributed by atoms with van der Waals surface area (Å²) in [6.45, 7) is 1.85. The molecule has 0 saturated heterocycles. The molecular weight excluding hydrogens is 267 g/mol. The van der Waals surface area contributed by atoms with E-state index in [0.29, 0.717) is 12.2 Å². The summed E-state index contributed by atoms with van der Waals surface area (Å²) in [6, 6.07) is 7.26. The summed E-state index contributed by atoms with van der Waals surface area (Å²) in [5, 5.41) is -0.463. The third-order valence-corrected chi connectivity index (χ3v) is 2.49. The van der Waals surface area contributed by atoms with E-state index in [1.54, 1.807) is 12.1 Å². The highest BCUT2D eigenvalue weighted by Crippen LogP contribution is 2.18. The molecule has 1 aromatic rings. The monoisotopic (exact) mass is 276 g/mol. The van der Waals surface area contributed by atoms with Crippen molar-refractivity contribution in [3.05, 3.63) is 28.7 Å². The number of benzene rings is 1. The Morgan fingerprint density at radius 3 is 2.50 bits per heavy atom. The summed E-state index contributed by atoms with van der Waals surface area (Å²) in [5.74, 6) is 0.647. The lowest BCUT2D eigenvalue weighted by Gasteiger charge is -2.12. The Kier molecular flexibility index (Phi) is 4.42. The van der Waals surface area contributed by atoms with Gasteiger partial charge >= 0.3 is 0 Å². The van der Waals surface area contributed by atoms with Crippen LogP contribution in [-0.2, 0) is 4.79 Å². The molecule has 0 bridgehead atoms. The normalized spacial score (nSPS) is 12.2. The van der Waals surface area contributed by atoms with Gasteiger partial charge in [0.05, 0.1) is 0 Å². The van der Waals surface area contributed by atoms with Crippen molar-refractivity contribution in [3.63, 3.8) is 0 Å². The quantitative estimate of drug-likeness (QED) is 0.789. The van der Waals surface area contributed by atoms with E-state index in [1.165, 1.54) is 0 Å². The average Bonchev–Trinajstić information content (AvgIpc) is 2.16. The molecule has 0 N–H and O–H groups in total. The van der Waals surface area contributed by atoms with Gasteiger partial charge in [-0.3, -0.25) is 4.79 Å². The van der Waals surface area contributed by atoms with Gasteiger partial charge in [0.15, 0.2) is 6.10 Å². The van der Waals surface area contributed by atoms with E-state index in [9.17, 15) is 4.79 Å². The molecule has 0 aromatic heterocycles. The Labute approximate surface area is 96.3 Å². The van der Waals surface area contributed by atoms with E-state index in [-0.39, 0.29) is 0 Å². The zero-order valence-corrected chi connectivity index (χ0v) is 10.0. The predicted octanol–water partition coefficient (Wildman–Crippen LogP) is 3.37. The molecule has 76 valence electrons. The summed E-state index contributed by atoms with van der Waals surface area (Å²) in [5.41, 5.74) is 0. The molecule has 0 unspecified atom stereocenters. The first-order chi connectivity index (χ1) is 6.63. The molecule has 4 heteroatoms.